The quantitative estimate of drug-likeness (QED) is 0.721. The molecule has 3 rings (SSSR count). The first-order valence-electron chi connectivity index (χ1n) is 8.09. The van der Waals surface area contributed by atoms with Crippen molar-refractivity contribution in [2.45, 2.75) is 25.3 Å². The number of nitrogens with zero attached hydrogens (tertiary/aromatic N) is 1. The van der Waals surface area contributed by atoms with E-state index in [-0.39, 0.29) is 24.8 Å². The average molecular weight is 442 g/mol. The third kappa shape index (κ3) is 5.15. The highest BCUT2D eigenvalue weighted by molar-refractivity contribution is 9.10. The molecule has 1 N–H and O–H groups in total. The third-order valence-corrected chi connectivity index (χ3v) is 5.48. The Kier molecular flexibility index (Phi) is 9.17. The lowest BCUT2D eigenvalue weighted by Crippen LogP contribution is -2.45. The molecule has 0 spiro atoms. The molecule has 1 aromatic carbocycles. The molecule has 0 amide bonds. The summed E-state index contributed by atoms with van der Waals surface area (Å²) in [6.45, 7) is 4.37. The van der Waals surface area contributed by atoms with Gasteiger partial charge in [-0.3, -0.25) is 4.90 Å². The zero-order valence-electron chi connectivity index (χ0n) is 14.2. The average Bonchev–Trinajstić information content (AvgIpc) is 3.38. The Hall–Kier alpha value is -0.200. The number of piperazine rings is 1. The van der Waals surface area contributed by atoms with Gasteiger partial charge in [-0.2, -0.15) is 0 Å². The summed E-state index contributed by atoms with van der Waals surface area (Å²) in [5.41, 5.74) is 1.31. The van der Waals surface area contributed by atoms with Gasteiger partial charge in [0.05, 0.1) is 14.2 Å². The van der Waals surface area contributed by atoms with E-state index in [1.165, 1.54) is 24.8 Å². The maximum absolute atomic E-state index is 5.53. The molecule has 2 fully saturated rings. The van der Waals surface area contributed by atoms with E-state index in [0.717, 1.165) is 48.1 Å². The zero-order valence-corrected chi connectivity index (χ0v) is 17.4. The number of hydrogen-bond acceptors (Lipinski definition) is 4. The van der Waals surface area contributed by atoms with Crippen LogP contribution in [0.4, 0.5) is 0 Å². The summed E-state index contributed by atoms with van der Waals surface area (Å²) in [5, 5.41) is 3.45. The van der Waals surface area contributed by atoms with E-state index in [2.05, 4.69) is 38.3 Å². The molecule has 0 bridgehead atoms. The molecular weight excluding hydrogens is 415 g/mol. The van der Waals surface area contributed by atoms with Crippen LogP contribution in [-0.4, -0.2) is 45.3 Å². The maximum Gasteiger partial charge on any atom is 0.137 e. The van der Waals surface area contributed by atoms with Gasteiger partial charge in [0.15, 0.2) is 0 Å². The fraction of sp³-hybridized carbons (Fsp3) is 0.647. The number of halogens is 3. The molecule has 1 heterocycles. The SMILES string of the molecule is COc1cc([C@H](CC2CC2)N2CCNCC2)cc(OC)c1Br.Cl.Cl. The smallest absolute Gasteiger partial charge is 0.137 e. The molecule has 138 valence electrons. The molecule has 0 unspecified atom stereocenters. The van der Waals surface area contributed by atoms with Gasteiger partial charge in [0.2, 0.25) is 0 Å². The summed E-state index contributed by atoms with van der Waals surface area (Å²) in [6.07, 6.45) is 4.01. The van der Waals surface area contributed by atoms with E-state index < -0.39 is 0 Å². The molecule has 1 aliphatic heterocycles. The van der Waals surface area contributed by atoms with Crippen molar-refractivity contribution in [1.29, 1.82) is 0 Å². The maximum atomic E-state index is 5.53. The molecule has 1 aliphatic carbocycles. The van der Waals surface area contributed by atoms with E-state index >= 15 is 0 Å². The summed E-state index contributed by atoms with van der Waals surface area (Å²) < 4.78 is 12.0. The van der Waals surface area contributed by atoms with Crippen molar-refractivity contribution in [2.24, 2.45) is 5.92 Å². The molecular formula is C17H27BrCl2N2O2. The number of hydrogen-bond donors (Lipinski definition) is 1. The minimum atomic E-state index is 0. The van der Waals surface area contributed by atoms with Gasteiger partial charge in [0, 0.05) is 32.2 Å². The minimum Gasteiger partial charge on any atom is -0.495 e. The van der Waals surface area contributed by atoms with Crippen LogP contribution in [0.5, 0.6) is 11.5 Å². The number of nitrogens with one attached hydrogen (secondary N) is 1. The fourth-order valence-corrected chi connectivity index (χ4v) is 3.79. The van der Waals surface area contributed by atoms with Crippen LogP contribution in [0.2, 0.25) is 0 Å². The standard InChI is InChI=1S/C17H25BrN2O2.2ClH/c1-21-15-10-13(11-16(22-2)17(15)18)14(9-12-3-4-12)20-7-5-19-6-8-20;;/h10-12,14,19H,3-9H2,1-2H3;2*1H/t14-;;/m0../s1. The van der Waals surface area contributed by atoms with Crippen molar-refractivity contribution in [2.75, 3.05) is 40.4 Å². The van der Waals surface area contributed by atoms with Crippen LogP contribution in [0.15, 0.2) is 16.6 Å². The number of methoxy groups -OCH3 is 2. The van der Waals surface area contributed by atoms with Gasteiger partial charge in [-0.15, -0.1) is 24.8 Å². The molecule has 24 heavy (non-hydrogen) atoms. The van der Waals surface area contributed by atoms with Crippen LogP contribution in [0.3, 0.4) is 0 Å². The second-order valence-electron chi connectivity index (χ2n) is 6.22. The van der Waals surface area contributed by atoms with Gasteiger partial charge in [-0.05, 0) is 46.0 Å². The minimum absolute atomic E-state index is 0. The van der Waals surface area contributed by atoms with Crippen molar-refractivity contribution in [3.8, 4) is 11.5 Å². The number of rotatable bonds is 6. The highest BCUT2D eigenvalue weighted by Crippen LogP contribution is 2.43. The molecule has 0 aromatic heterocycles. The van der Waals surface area contributed by atoms with Crippen LogP contribution in [0.1, 0.15) is 30.9 Å². The van der Waals surface area contributed by atoms with Crippen molar-refractivity contribution in [1.82, 2.24) is 10.2 Å². The summed E-state index contributed by atoms with van der Waals surface area (Å²) in [6, 6.07) is 4.80. The van der Waals surface area contributed by atoms with Crippen molar-refractivity contribution < 1.29 is 9.47 Å². The molecule has 1 saturated carbocycles. The Morgan fingerprint density at radius 1 is 1.12 bits per heavy atom. The Balaban J connectivity index is 0.00000144. The van der Waals surface area contributed by atoms with Crippen molar-refractivity contribution in [3.63, 3.8) is 0 Å². The molecule has 7 heteroatoms. The van der Waals surface area contributed by atoms with Crippen LogP contribution in [0, 0.1) is 5.92 Å². The highest BCUT2D eigenvalue weighted by Gasteiger charge is 2.31. The Labute approximate surface area is 165 Å². The van der Waals surface area contributed by atoms with Gasteiger partial charge < -0.3 is 14.8 Å². The first kappa shape index (κ1) is 21.8. The predicted molar refractivity (Wildman–Crippen MR) is 106 cm³/mol. The van der Waals surface area contributed by atoms with E-state index in [9.17, 15) is 0 Å². The normalized spacial score (nSPS) is 19.0. The van der Waals surface area contributed by atoms with Crippen molar-refractivity contribution >= 4 is 40.7 Å². The van der Waals surface area contributed by atoms with Crippen LogP contribution in [0.25, 0.3) is 0 Å². The molecule has 4 nitrogen and oxygen atoms in total. The van der Waals surface area contributed by atoms with Gasteiger partial charge in [-0.1, -0.05) is 12.8 Å². The first-order valence-corrected chi connectivity index (χ1v) is 8.88. The van der Waals surface area contributed by atoms with E-state index in [1.54, 1.807) is 14.2 Å². The first-order chi connectivity index (χ1) is 10.7. The topological polar surface area (TPSA) is 33.7 Å². The molecule has 0 radical (unpaired) electrons. The van der Waals surface area contributed by atoms with E-state index in [0.29, 0.717) is 6.04 Å². The van der Waals surface area contributed by atoms with Gasteiger partial charge >= 0.3 is 0 Å². The number of ether oxygens (including phenoxy) is 2. The van der Waals surface area contributed by atoms with E-state index in [1.807, 2.05) is 0 Å². The largest absolute Gasteiger partial charge is 0.495 e. The second-order valence-corrected chi connectivity index (χ2v) is 7.01. The lowest BCUT2D eigenvalue weighted by molar-refractivity contribution is 0.160. The third-order valence-electron chi connectivity index (χ3n) is 4.70. The highest BCUT2D eigenvalue weighted by atomic mass is 79.9. The predicted octanol–water partition coefficient (Wildman–Crippen LogP) is 4.06. The lowest BCUT2D eigenvalue weighted by Gasteiger charge is -2.35. The second kappa shape index (κ2) is 10.1. The van der Waals surface area contributed by atoms with E-state index in [4.69, 9.17) is 9.47 Å². The van der Waals surface area contributed by atoms with Crippen LogP contribution < -0.4 is 14.8 Å². The summed E-state index contributed by atoms with van der Waals surface area (Å²) in [7, 11) is 3.42. The number of benzene rings is 1. The van der Waals surface area contributed by atoms with Gasteiger partial charge in [0.1, 0.15) is 16.0 Å². The Bertz CT molecular complexity index is 498. The monoisotopic (exact) mass is 440 g/mol. The Morgan fingerprint density at radius 3 is 2.12 bits per heavy atom. The summed E-state index contributed by atoms with van der Waals surface area (Å²) in [5.74, 6) is 2.59. The molecule has 2 aliphatic rings. The molecule has 1 saturated heterocycles. The van der Waals surface area contributed by atoms with Crippen molar-refractivity contribution in [3.05, 3.63) is 22.2 Å². The van der Waals surface area contributed by atoms with Crippen LogP contribution >= 0.6 is 40.7 Å². The summed E-state index contributed by atoms with van der Waals surface area (Å²) >= 11 is 3.57. The molecule has 1 atom stereocenters. The fourth-order valence-electron chi connectivity index (χ4n) is 3.24. The lowest BCUT2D eigenvalue weighted by atomic mass is 9.98. The van der Waals surface area contributed by atoms with Crippen LogP contribution in [-0.2, 0) is 0 Å². The molecule has 1 aromatic rings. The van der Waals surface area contributed by atoms with Gasteiger partial charge in [0.25, 0.3) is 0 Å². The Morgan fingerprint density at radius 2 is 1.67 bits per heavy atom. The zero-order chi connectivity index (χ0) is 15.5. The van der Waals surface area contributed by atoms with Gasteiger partial charge in [-0.25, -0.2) is 0 Å². The summed E-state index contributed by atoms with van der Waals surface area (Å²) in [4.78, 5) is 2.61.